The monoisotopic (exact) mass is 406 g/mol. The molecule has 5 rings (SSSR count). The van der Waals surface area contributed by atoms with Gasteiger partial charge in [-0.15, -0.1) is 0 Å². The van der Waals surface area contributed by atoms with Crippen LogP contribution in [-0.4, -0.2) is 38.4 Å². The minimum atomic E-state index is -0.0555. The van der Waals surface area contributed by atoms with E-state index in [1.807, 2.05) is 39.8 Å². The number of likely N-dealkylation sites (tertiary alicyclic amines) is 1. The smallest absolute Gasteiger partial charge is 0.257 e. The molecule has 0 saturated carbocycles. The maximum absolute atomic E-state index is 13.0. The van der Waals surface area contributed by atoms with E-state index in [1.165, 1.54) is 6.33 Å². The van der Waals surface area contributed by atoms with E-state index in [0.29, 0.717) is 30.2 Å². The molecule has 1 aromatic carbocycles. The van der Waals surface area contributed by atoms with Crippen molar-refractivity contribution >= 4 is 17.5 Å². The lowest BCUT2D eigenvalue weighted by Crippen LogP contribution is -2.49. The van der Waals surface area contributed by atoms with Crippen LogP contribution < -0.4 is 5.56 Å². The first-order chi connectivity index (χ1) is 14.1. The first kappa shape index (κ1) is 18.1. The molecule has 6 nitrogen and oxygen atoms in total. The zero-order chi connectivity index (χ0) is 20.0. The van der Waals surface area contributed by atoms with Gasteiger partial charge in [0.1, 0.15) is 6.33 Å². The summed E-state index contributed by atoms with van der Waals surface area (Å²) in [4.78, 5) is 35.4. The zero-order valence-electron chi connectivity index (χ0n) is 15.7. The minimum absolute atomic E-state index is 0.0173. The largest absolute Gasteiger partial charge is 0.338 e. The quantitative estimate of drug-likeness (QED) is 0.655. The number of aromatic nitrogens is 3. The number of nitrogens with zero attached hydrogens (tertiary/aromatic N) is 4. The van der Waals surface area contributed by atoms with Gasteiger partial charge in [-0.2, -0.15) is 0 Å². The average Bonchev–Trinajstić information content (AvgIpc) is 2.75. The van der Waals surface area contributed by atoms with Crippen LogP contribution in [0, 0.1) is 5.92 Å². The van der Waals surface area contributed by atoms with Crippen LogP contribution in [0.15, 0.2) is 59.9 Å². The van der Waals surface area contributed by atoms with Crippen LogP contribution in [-0.2, 0) is 6.54 Å². The van der Waals surface area contributed by atoms with Gasteiger partial charge in [-0.05, 0) is 36.1 Å². The number of pyridine rings is 1. The fourth-order valence-electron chi connectivity index (χ4n) is 4.65. The van der Waals surface area contributed by atoms with Crippen molar-refractivity contribution in [1.29, 1.82) is 0 Å². The second kappa shape index (κ2) is 7.12. The van der Waals surface area contributed by atoms with Gasteiger partial charge < -0.3 is 9.47 Å². The Morgan fingerprint density at radius 3 is 2.52 bits per heavy atom. The average molecular weight is 407 g/mol. The SMILES string of the molecule is O=C(c1cncnc1)N1CC2CC(C1)c1c(-c3ccc(Cl)cc3)ccc(=O)n1C2. The Labute approximate surface area is 172 Å². The topological polar surface area (TPSA) is 68.1 Å². The maximum atomic E-state index is 13.0. The Kier molecular flexibility index (Phi) is 4.43. The molecule has 0 spiro atoms. The van der Waals surface area contributed by atoms with E-state index >= 15 is 0 Å². The molecule has 29 heavy (non-hydrogen) atoms. The molecule has 4 heterocycles. The minimum Gasteiger partial charge on any atom is -0.338 e. The van der Waals surface area contributed by atoms with Gasteiger partial charge in [0.15, 0.2) is 0 Å². The Bertz CT molecular complexity index is 1130. The van der Waals surface area contributed by atoms with Crippen molar-refractivity contribution in [3.05, 3.63) is 81.8 Å². The van der Waals surface area contributed by atoms with Crippen molar-refractivity contribution in [2.45, 2.75) is 18.9 Å². The van der Waals surface area contributed by atoms with Crippen molar-refractivity contribution in [3.63, 3.8) is 0 Å². The summed E-state index contributed by atoms with van der Waals surface area (Å²) in [6.45, 7) is 1.84. The van der Waals surface area contributed by atoms with Gasteiger partial charge in [0.2, 0.25) is 0 Å². The number of fused-ring (bicyclic) bond motifs is 4. The number of halogens is 1. The van der Waals surface area contributed by atoms with Crippen LogP contribution in [0.1, 0.15) is 28.4 Å². The molecular weight excluding hydrogens is 388 g/mol. The lowest BCUT2D eigenvalue weighted by atomic mass is 9.80. The summed E-state index contributed by atoms with van der Waals surface area (Å²) >= 11 is 6.05. The molecule has 7 heteroatoms. The van der Waals surface area contributed by atoms with Gasteiger partial charge in [0.05, 0.1) is 5.56 Å². The third-order valence-electron chi connectivity index (χ3n) is 5.84. The van der Waals surface area contributed by atoms with Crippen LogP contribution in [0.5, 0.6) is 0 Å². The predicted octanol–water partition coefficient (Wildman–Crippen LogP) is 3.22. The Morgan fingerprint density at radius 2 is 1.76 bits per heavy atom. The van der Waals surface area contributed by atoms with E-state index in [-0.39, 0.29) is 23.3 Å². The van der Waals surface area contributed by atoms with E-state index in [1.54, 1.807) is 18.5 Å². The highest BCUT2D eigenvalue weighted by atomic mass is 35.5. The van der Waals surface area contributed by atoms with Gasteiger partial charge in [-0.3, -0.25) is 9.59 Å². The van der Waals surface area contributed by atoms with E-state index in [0.717, 1.165) is 23.2 Å². The molecule has 1 amide bonds. The Hall–Kier alpha value is -2.99. The van der Waals surface area contributed by atoms with Crippen LogP contribution in [0.2, 0.25) is 5.02 Å². The lowest BCUT2D eigenvalue weighted by Gasteiger charge is -2.43. The summed E-state index contributed by atoms with van der Waals surface area (Å²) in [5.74, 6) is 0.309. The third kappa shape index (κ3) is 3.23. The number of rotatable bonds is 2. The van der Waals surface area contributed by atoms with Gasteiger partial charge in [-0.25, -0.2) is 9.97 Å². The van der Waals surface area contributed by atoms with Crippen molar-refractivity contribution in [2.24, 2.45) is 5.92 Å². The highest BCUT2D eigenvalue weighted by Gasteiger charge is 2.38. The predicted molar refractivity (Wildman–Crippen MR) is 110 cm³/mol. The Morgan fingerprint density at radius 1 is 1.00 bits per heavy atom. The number of carbonyl (C=O) groups excluding carboxylic acids is 1. The van der Waals surface area contributed by atoms with Crippen molar-refractivity contribution in [2.75, 3.05) is 13.1 Å². The molecule has 0 aliphatic carbocycles. The molecular formula is C22H19ClN4O2. The molecule has 3 aromatic rings. The van der Waals surface area contributed by atoms with Crippen LogP contribution in [0.4, 0.5) is 0 Å². The van der Waals surface area contributed by atoms with Gasteiger partial charge >= 0.3 is 0 Å². The van der Waals surface area contributed by atoms with Crippen molar-refractivity contribution in [1.82, 2.24) is 19.4 Å². The summed E-state index contributed by atoms with van der Waals surface area (Å²) in [5.41, 5.74) is 3.58. The number of hydrogen-bond acceptors (Lipinski definition) is 4. The van der Waals surface area contributed by atoms with E-state index < -0.39 is 0 Å². The van der Waals surface area contributed by atoms with Crippen LogP contribution >= 0.6 is 11.6 Å². The molecule has 0 N–H and O–H groups in total. The fraction of sp³-hybridized carbons (Fsp3) is 0.273. The number of amides is 1. The van der Waals surface area contributed by atoms with Crippen LogP contribution in [0.25, 0.3) is 11.1 Å². The van der Waals surface area contributed by atoms with Crippen LogP contribution in [0.3, 0.4) is 0 Å². The standard InChI is InChI=1S/C22H19ClN4O2/c23-18-3-1-15(2-4-18)19-5-6-20(28)27-11-14-7-16(21(19)27)12-26(10-14)22(29)17-8-24-13-25-9-17/h1-6,8-9,13-14,16H,7,10-12H2. The van der Waals surface area contributed by atoms with E-state index in [9.17, 15) is 9.59 Å². The molecule has 1 saturated heterocycles. The molecule has 2 aliphatic rings. The van der Waals surface area contributed by atoms with E-state index in [4.69, 9.17) is 11.6 Å². The van der Waals surface area contributed by atoms with Gasteiger partial charge in [0.25, 0.3) is 11.5 Å². The summed E-state index contributed by atoms with van der Waals surface area (Å²) in [6.07, 6.45) is 5.50. The Balaban J connectivity index is 1.55. The summed E-state index contributed by atoms with van der Waals surface area (Å²) in [6, 6.07) is 11.2. The van der Waals surface area contributed by atoms with E-state index in [2.05, 4.69) is 9.97 Å². The normalized spacial score (nSPS) is 20.2. The molecule has 2 unspecified atom stereocenters. The third-order valence-corrected chi connectivity index (χ3v) is 6.09. The summed E-state index contributed by atoms with van der Waals surface area (Å²) < 4.78 is 1.90. The second-order valence-electron chi connectivity index (χ2n) is 7.72. The number of piperidine rings is 1. The molecule has 0 radical (unpaired) electrons. The molecule has 146 valence electrons. The van der Waals surface area contributed by atoms with Crippen molar-refractivity contribution < 1.29 is 4.79 Å². The molecule has 2 aliphatic heterocycles. The van der Waals surface area contributed by atoms with Crippen molar-refractivity contribution in [3.8, 4) is 11.1 Å². The number of hydrogen-bond donors (Lipinski definition) is 0. The summed E-state index contributed by atoms with van der Waals surface area (Å²) in [7, 11) is 0. The first-order valence-corrected chi connectivity index (χ1v) is 10.0. The summed E-state index contributed by atoms with van der Waals surface area (Å²) in [5, 5.41) is 0.676. The lowest BCUT2D eigenvalue weighted by molar-refractivity contribution is 0.0594. The second-order valence-corrected chi connectivity index (χ2v) is 8.16. The number of benzene rings is 1. The van der Waals surface area contributed by atoms with Gasteiger partial charge in [0, 0.05) is 60.3 Å². The van der Waals surface area contributed by atoms with Gasteiger partial charge in [-0.1, -0.05) is 23.7 Å². The molecule has 2 atom stereocenters. The highest BCUT2D eigenvalue weighted by molar-refractivity contribution is 6.30. The molecule has 1 fully saturated rings. The highest BCUT2D eigenvalue weighted by Crippen LogP contribution is 2.40. The number of carbonyl (C=O) groups is 1. The first-order valence-electron chi connectivity index (χ1n) is 9.64. The molecule has 2 aromatic heterocycles. The zero-order valence-corrected chi connectivity index (χ0v) is 16.4. The molecule has 2 bridgehead atoms. The fourth-order valence-corrected chi connectivity index (χ4v) is 4.77. The maximum Gasteiger partial charge on any atom is 0.257 e.